The van der Waals surface area contributed by atoms with E-state index in [1.165, 1.54) is 0 Å². The molecule has 1 rings (SSSR count). The number of ketones is 1. The summed E-state index contributed by atoms with van der Waals surface area (Å²) in [7, 11) is 1.70. The van der Waals surface area contributed by atoms with E-state index in [0.29, 0.717) is 24.0 Å². The van der Waals surface area contributed by atoms with Crippen LogP contribution in [0.15, 0.2) is 0 Å². The molecule has 2 heteroatoms. The van der Waals surface area contributed by atoms with Crippen molar-refractivity contribution in [1.82, 2.24) is 0 Å². The van der Waals surface area contributed by atoms with Gasteiger partial charge in [-0.1, -0.05) is 27.2 Å². The van der Waals surface area contributed by atoms with E-state index in [1.807, 2.05) is 0 Å². The van der Waals surface area contributed by atoms with Gasteiger partial charge in [0.2, 0.25) is 0 Å². The van der Waals surface area contributed by atoms with Crippen molar-refractivity contribution in [2.24, 2.45) is 11.8 Å². The Morgan fingerprint density at radius 3 is 2.27 bits per heavy atom. The van der Waals surface area contributed by atoms with Crippen LogP contribution in [0, 0.1) is 11.8 Å². The molecule has 0 heterocycles. The van der Waals surface area contributed by atoms with Crippen molar-refractivity contribution in [2.45, 2.75) is 58.5 Å². The maximum Gasteiger partial charge on any atom is 0.165 e. The Hall–Kier alpha value is -0.370. The summed E-state index contributed by atoms with van der Waals surface area (Å²) in [5, 5.41) is 0. The number of hydrogen-bond donors (Lipinski definition) is 0. The molecule has 0 aromatic heterocycles. The number of carbonyl (C=O) groups is 1. The zero-order valence-corrected chi connectivity index (χ0v) is 10.5. The Balaban J connectivity index is 2.78. The first-order valence-electron chi connectivity index (χ1n) is 6.18. The lowest BCUT2D eigenvalue weighted by atomic mass is 9.80. The molecule has 0 radical (unpaired) electrons. The predicted molar refractivity (Wildman–Crippen MR) is 61.8 cm³/mol. The summed E-state index contributed by atoms with van der Waals surface area (Å²) in [5.74, 6) is 1.08. The zero-order valence-electron chi connectivity index (χ0n) is 10.5. The molecule has 0 spiro atoms. The van der Waals surface area contributed by atoms with Gasteiger partial charge in [-0.3, -0.25) is 4.79 Å². The third-order valence-corrected chi connectivity index (χ3v) is 4.03. The van der Waals surface area contributed by atoms with E-state index in [9.17, 15) is 4.79 Å². The number of ether oxygens (including phenoxy) is 1. The molecule has 0 bridgehead atoms. The molecule has 1 saturated carbocycles. The van der Waals surface area contributed by atoms with E-state index < -0.39 is 5.60 Å². The number of rotatable bonds is 5. The molecule has 0 saturated heterocycles. The number of Topliss-reactive ketones (excluding diaryl/α,β-unsaturated/α-hetero) is 1. The van der Waals surface area contributed by atoms with Crippen molar-refractivity contribution in [3.8, 4) is 0 Å². The molecule has 88 valence electrons. The van der Waals surface area contributed by atoms with Crippen LogP contribution in [0.5, 0.6) is 0 Å². The van der Waals surface area contributed by atoms with Crippen molar-refractivity contribution < 1.29 is 9.53 Å². The summed E-state index contributed by atoms with van der Waals surface area (Å²) in [5.41, 5.74) is -0.477. The van der Waals surface area contributed by atoms with Crippen LogP contribution in [0.1, 0.15) is 52.9 Å². The van der Waals surface area contributed by atoms with Gasteiger partial charge in [-0.2, -0.15) is 0 Å². The van der Waals surface area contributed by atoms with Crippen LogP contribution in [0.2, 0.25) is 0 Å². The van der Waals surface area contributed by atoms with Crippen LogP contribution in [-0.2, 0) is 9.53 Å². The molecule has 0 aromatic carbocycles. The largest absolute Gasteiger partial charge is 0.370 e. The second kappa shape index (κ2) is 5.11. The van der Waals surface area contributed by atoms with Crippen molar-refractivity contribution in [1.29, 1.82) is 0 Å². The summed E-state index contributed by atoms with van der Waals surface area (Å²) in [4.78, 5) is 12.3. The molecule has 0 aromatic rings. The van der Waals surface area contributed by atoms with Gasteiger partial charge in [-0.05, 0) is 31.1 Å². The lowest BCUT2D eigenvalue weighted by Gasteiger charge is -2.35. The smallest absolute Gasteiger partial charge is 0.165 e. The topological polar surface area (TPSA) is 26.3 Å². The van der Waals surface area contributed by atoms with Crippen LogP contribution in [0.25, 0.3) is 0 Å². The molecule has 2 unspecified atom stereocenters. The molecule has 15 heavy (non-hydrogen) atoms. The highest BCUT2D eigenvalue weighted by Gasteiger charge is 2.51. The monoisotopic (exact) mass is 212 g/mol. The molecule has 0 aliphatic heterocycles. The fraction of sp³-hybridized carbons (Fsp3) is 0.923. The SMILES string of the molecule is CCCCC(=O)C1(OC)C(C)CCC1C. The van der Waals surface area contributed by atoms with Crippen LogP contribution in [0.3, 0.4) is 0 Å². The van der Waals surface area contributed by atoms with Crippen LogP contribution in [-0.4, -0.2) is 18.5 Å². The summed E-state index contributed by atoms with van der Waals surface area (Å²) in [6.07, 6.45) is 4.98. The molecule has 1 aliphatic rings. The lowest BCUT2D eigenvalue weighted by Crippen LogP contribution is -2.47. The Morgan fingerprint density at radius 1 is 1.33 bits per heavy atom. The fourth-order valence-corrected chi connectivity index (χ4v) is 3.01. The van der Waals surface area contributed by atoms with Crippen molar-refractivity contribution in [2.75, 3.05) is 7.11 Å². The van der Waals surface area contributed by atoms with Crippen LogP contribution in [0.4, 0.5) is 0 Å². The minimum atomic E-state index is -0.477. The van der Waals surface area contributed by atoms with Crippen LogP contribution >= 0.6 is 0 Å². The number of unbranched alkanes of at least 4 members (excludes halogenated alkanes) is 1. The normalized spacial score (nSPS) is 35.7. The summed E-state index contributed by atoms with van der Waals surface area (Å²) < 4.78 is 5.63. The third-order valence-electron chi connectivity index (χ3n) is 4.03. The summed E-state index contributed by atoms with van der Waals surface area (Å²) in [6.45, 7) is 6.42. The van der Waals surface area contributed by atoms with Gasteiger partial charge < -0.3 is 4.74 Å². The molecule has 2 atom stereocenters. The minimum absolute atomic E-state index is 0.323. The molecule has 2 nitrogen and oxygen atoms in total. The van der Waals surface area contributed by atoms with E-state index in [-0.39, 0.29) is 0 Å². The number of carbonyl (C=O) groups excluding carboxylic acids is 1. The maximum absolute atomic E-state index is 12.3. The average Bonchev–Trinajstić information content (AvgIpc) is 2.52. The quantitative estimate of drug-likeness (QED) is 0.699. The van der Waals surface area contributed by atoms with Gasteiger partial charge in [-0.25, -0.2) is 0 Å². The Kier molecular flexibility index (Phi) is 4.32. The Labute approximate surface area is 93.4 Å². The zero-order chi connectivity index (χ0) is 11.5. The number of hydrogen-bond acceptors (Lipinski definition) is 2. The summed E-state index contributed by atoms with van der Waals surface area (Å²) in [6, 6.07) is 0. The van der Waals surface area contributed by atoms with Gasteiger partial charge in [0.25, 0.3) is 0 Å². The number of methoxy groups -OCH3 is 1. The molecule has 1 fully saturated rings. The lowest BCUT2D eigenvalue weighted by molar-refractivity contribution is -0.150. The maximum atomic E-state index is 12.3. The molecular weight excluding hydrogens is 188 g/mol. The first-order valence-corrected chi connectivity index (χ1v) is 6.18. The highest BCUT2D eigenvalue weighted by atomic mass is 16.5. The average molecular weight is 212 g/mol. The van der Waals surface area contributed by atoms with Gasteiger partial charge in [-0.15, -0.1) is 0 Å². The van der Waals surface area contributed by atoms with E-state index in [2.05, 4.69) is 20.8 Å². The standard InChI is InChI=1S/C13H24O2/c1-5-6-7-12(14)13(15-4)10(2)8-9-11(13)3/h10-11H,5-9H2,1-4H3. The van der Waals surface area contributed by atoms with Gasteiger partial charge in [0.05, 0.1) is 0 Å². The fourth-order valence-electron chi connectivity index (χ4n) is 3.01. The van der Waals surface area contributed by atoms with Crippen molar-refractivity contribution >= 4 is 5.78 Å². The van der Waals surface area contributed by atoms with E-state index in [1.54, 1.807) is 7.11 Å². The highest BCUT2D eigenvalue weighted by molar-refractivity contribution is 5.88. The highest BCUT2D eigenvalue weighted by Crippen LogP contribution is 2.44. The Morgan fingerprint density at radius 2 is 1.87 bits per heavy atom. The third kappa shape index (κ3) is 2.10. The predicted octanol–water partition coefficient (Wildman–Crippen LogP) is 3.20. The molecule has 0 N–H and O–H groups in total. The van der Waals surface area contributed by atoms with Gasteiger partial charge in [0, 0.05) is 13.5 Å². The molecular formula is C13H24O2. The van der Waals surface area contributed by atoms with Crippen molar-refractivity contribution in [3.63, 3.8) is 0 Å². The first-order chi connectivity index (χ1) is 7.09. The molecule has 0 amide bonds. The minimum Gasteiger partial charge on any atom is -0.370 e. The molecule has 1 aliphatic carbocycles. The van der Waals surface area contributed by atoms with E-state index >= 15 is 0 Å². The van der Waals surface area contributed by atoms with Gasteiger partial charge >= 0.3 is 0 Å². The summed E-state index contributed by atoms with van der Waals surface area (Å²) >= 11 is 0. The second-order valence-corrected chi connectivity index (χ2v) is 4.90. The first kappa shape index (κ1) is 12.7. The van der Waals surface area contributed by atoms with E-state index in [0.717, 1.165) is 25.7 Å². The van der Waals surface area contributed by atoms with Crippen LogP contribution < -0.4 is 0 Å². The van der Waals surface area contributed by atoms with E-state index in [4.69, 9.17) is 4.74 Å². The van der Waals surface area contributed by atoms with Gasteiger partial charge in [0.1, 0.15) is 5.60 Å². The second-order valence-electron chi connectivity index (χ2n) is 4.90. The Bertz CT molecular complexity index is 213. The van der Waals surface area contributed by atoms with Crippen molar-refractivity contribution in [3.05, 3.63) is 0 Å². The van der Waals surface area contributed by atoms with Gasteiger partial charge in [0.15, 0.2) is 5.78 Å².